The van der Waals surface area contributed by atoms with Gasteiger partial charge < -0.3 is 40.5 Å². The first-order chi connectivity index (χ1) is 31.8. The Morgan fingerprint density at radius 3 is 1.96 bits per heavy atom. The summed E-state index contributed by atoms with van der Waals surface area (Å²) < 4.78 is 76.3. The number of halogens is 3. The van der Waals surface area contributed by atoms with Gasteiger partial charge in [-0.2, -0.15) is 13.2 Å². The van der Waals surface area contributed by atoms with E-state index < -0.39 is 83.0 Å². The van der Waals surface area contributed by atoms with Crippen LogP contribution < -0.4 is 20.7 Å². The highest BCUT2D eigenvalue weighted by molar-refractivity contribution is 7.75. The topological polar surface area (TPSA) is 201 Å². The van der Waals surface area contributed by atoms with Crippen LogP contribution in [0.25, 0.3) is 0 Å². The number of ether oxygens (including phenoxy) is 2. The lowest BCUT2D eigenvalue weighted by Gasteiger charge is -2.43. The Morgan fingerprint density at radius 1 is 0.868 bits per heavy atom. The summed E-state index contributed by atoms with van der Waals surface area (Å²) in [6.07, 6.45) is -5.20. The zero-order valence-electron chi connectivity index (χ0n) is 41.5. The predicted molar refractivity (Wildman–Crippen MR) is 256 cm³/mol. The number of nitrogens with two attached hydrogens (primary N) is 1. The maximum atomic E-state index is 14.6. The van der Waals surface area contributed by atoms with E-state index in [0.717, 1.165) is 24.3 Å². The van der Waals surface area contributed by atoms with Crippen molar-refractivity contribution in [3.8, 4) is 0 Å². The molecule has 0 radical (unpaired) electrons. The molecule has 0 bridgehead atoms. The number of benzene rings is 2. The van der Waals surface area contributed by atoms with Gasteiger partial charge in [-0.1, -0.05) is 85.2 Å². The molecule has 20 heteroatoms. The second kappa shape index (κ2) is 25.8. The second-order valence-corrected chi connectivity index (χ2v) is 19.6. The van der Waals surface area contributed by atoms with Crippen molar-refractivity contribution in [2.75, 3.05) is 51.5 Å². The third-order valence-electron chi connectivity index (χ3n) is 13.2. The molecule has 1 aliphatic rings. The first-order valence-electron chi connectivity index (χ1n) is 23.2. The number of likely N-dealkylation sites (N-methyl/N-ethyl adjacent to an activating group) is 2. The molecular weight excluding hydrogens is 908 g/mol. The monoisotopic (exact) mass is 982 g/mol. The minimum absolute atomic E-state index is 0.0685. The number of hydrogen-bond acceptors (Lipinski definition) is 11. The van der Waals surface area contributed by atoms with Gasteiger partial charge in [0.2, 0.25) is 28.6 Å². The number of amides is 5. The van der Waals surface area contributed by atoms with Crippen molar-refractivity contribution in [1.82, 2.24) is 20.0 Å². The highest BCUT2D eigenvalue weighted by Gasteiger charge is 2.45. The highest BCUT2D eigenvalue weighted by Crippen LogP contribution is 2.32. The second-order valence-electron chi connectivity index (χ2n) is 18.8. The zero-order valence-corrected chi connectivity index (χ0v) is 42.4. The number of nitrogens with zero attached hydrogens (tertiary/aromatic N) is 4. The molecule has 2 aromatic rings. The van der Waals surface area contributed by atoms with Crippen molar-refractivity contribution in [2.24, 2.45) is 35.3 Å². The molecule has 0 spiro atoms. The number of carbonyl (C=O) groups is 5. The number of nitrogens with one attached hydrogen (secondary N) is 2. The summed E-state index contributed by atoms with van der Waals surface area (Å²) in [4.78, 5) is 74.4. The Hall–Kier alpha value is -4.63. The first-order valence-corrected chi connectivity index (χ1v) is 24.3. The Labute approximate surface area is 401 Å². The molecule has 0 aromatic heterocycles. The van der Waals surface area contributed by atoms with E-state index in [4.69, 9.17) is 15.2 Å². The molecule has 4 N–H and O–H groups in total. The van der Waals surface area contributed by atoms with E-state index in [1.807, 2.05) is 41.8 Å². The third-order valence-corrected chi connectivity index (χ3v) is 14.0. The molecule has 0 saturated carbocycles. The van der Waals surface area contributed by atoms with E-state index in [2.05, 4.69) is 24.1 Å². The van der Waals surface area contributed by atoms with Crippen molar-refractivity contribution in [3.05, 3.63) is 60.2 Å². The van der Waals surface area contributed by atoms with Gasteiger partial charge in [-0.25, -0.2) is 12.7 Å². The van der Waals surface area contributed by atoms with Crippen LogP contribution in [0.4, 0.5) is 24.5 Å². The molecule has 1 unspecified atom stereocenters. The molecule has 2 aromatic carbocycles. The van der Waals surface area contributed by atoms with Crippen LogP contribution in [0.5, 0.6) is 0 Å². The summed E-state index contributed by atoms with van der Waals surface area (Å²) >= 11 is 0. The van der Waals surface area contributed by atoms with Gasteiger partial charge in [0.25, 0.3) is 5.91 Å². The van der Waals surface area contributed by atoms with Crippen LogP contribution in [0.3, 0.4) is 0 Å². The number of rotatable bonds is 24. The van der Waals surface area contributed by atoms with E-state index in [1.165, 1.54) is 14.2 Å². The molecule has 1 heterocycles. The number of carbonyl (C=O) groups excluding carboxylic acids is 5. The molecule has 5 amide bonds. The smallest absolute Gasteiger partial charge is 0.379 e. The Morgan fingerprint density at radius 2 is 1.47 bits per heavy atom. The minimum Gasteiger partial charge on any atom is -0.379 e. The minimum atomic E-state index is -5.17. The van der Waals surface area contributed by atoms with E-state index in [-0.39, 0.29) is 59.8 Å². The number of hydrogen-bond donors (Lipinski definition) is 4. The average molecular weight is 982 g/mol. The standard InChI is InChI=1S/C48H74F3N7O9S/c1-13-30(6)42(56(10)46(62)39(28(2)3)40(52)41(29(4)5)55(8)9)37(66-11)27-38(59)57-25-17-20-36(57)43(67-12)31(7)44(60)54-35(26-32-18-15-14-16-19-32)45(61)58(68(64)65)34-23-21-33(22-24-34)53-47(63)48(49,50)51/h14-16,18-19,21-24,28-31,35-37,39-43,68H,13,17,20,25-27,52H2,1-12H3,(H,53,63)(H,54,60)/t30-,31+,35-,36-,37+,39-,40?,41-,42-,43+/m0/s1. The van der Waals surface area contributed by atoms with Gasteiger partial charge in [-0.15, -0.1) is 0 Å². The summed E-state index contributed by atoms with van der Waals surface area (Å²) in [5.74, 6) is -5.83. The van der Waals surface area contributed by atoms with Crippen LogP contribution in [0.1, 0.15) is 79.7 Å². The number of likely N-dealkylation sites (tertiary alicyclic amines) is 1. The molecular formula is C48H74F3N7O9S. The maximum Gasteiger partial charge on any atom is 0.471 e. The zero-order chi connectivity index (χ0) is 51.4. The quantitative estimate of drug-likeness (QED) is 0.105. The Kier molecular flexibility index (Phi) is 21.9. The third kappa shape index (κ3) is 14.7. The van der Waals surface area contributed by atoms with Crippen LogP contribution in [-0.2, 0) is 50.8 Å². The Balaban J connectivity index is 1.90. The number of thiol groups is 1. The summed E-state index contributed by atoms with van der Waals surface area (Å²) in [6.45, 7) is 14.1. The molecule has 16 nitrogen and oxygen atoms in total. The van der Waals surface area contributed by atoms with Gasteiger partial charge in [0.15, 0.2) is 0 Å². The van der Waals surface area contributed by atoms with Crippen LogP contribution in [-0.4, -0.2) is 143 Å². The van der Waals surface area contributed by atoms with Crippen molar-refractivity contribution >= 4 is 51.8 Å². The van der Waals surface area contributed by atoms with Gasteiger partial charge in [0.05, 0.1) is 48.2 Å². The Bertz CT molecular complexity index is 2040. The van der Waals surface area contributed by atoms with E-state index >= 15 is 0 Å². The molecule has 0 aliphatic carbocycles. The van der Waals surface area contributed by atoms with Gasteiger partial charge in [0.1, 0.15) is 6.04 Å². The molecule has 10 atom stereocenters. The fourth-order valence-electron chi connectivity index (χ4n) is 9.72. The highest BCUT2D eigenvalue weighted by atomic mass is 32.2. The lowest BCUT2D eigenvalue weighted by molar-refractivity contribution is -0.167. The average Bonchev–Trinajstić information content (AvgIpc) is 3.75. The van der Waals surface area contributed by atoms with Gasteiger partial charge >= 0.3 is 12.1 Å². The van der Waals surface area contributed by atoms with Crippen molar-refractivity contribution in [3.63, 3.8) is 0 Å². The number of anilines is 2. The van der Waals surface area contributed by atoms with E-state index in [1.54, 1.807) is 59.4 Å². The fourth-order valence-corrected chi connectivity index (χ4v) is 10.3. The molecule has 68 heavy (non-hydrogen) atoms. The van der Waals surface area contributed by atoms with Crippen molar-refractivity contribution < 1.29 is 55.0 Å². The largest absolute Gasteiger partial charge is 0.471 e. The van der Waals surface area contributed by atoms with Crippen LogP contribution in [0, 0.1) is 29.6 Å². The van der Waals surface area contributed by atoms with Crippen molar-refractivity contribution in [1.29, 1.82) is 0 Å². The summed E-state index contributed by atoms with van der Waals surface area (Å²) in [7, 11) is 4.91. The first kappa shape index (κ1) is 57.7. The summed E-state index contributed by atoms with van der Waals surface area (Å²) in [6, 6.07) is 9.56. The summed E-state index contributed by atoms with van der Waals surface area (Å²) in [5, 5.41) is 4.38. The summed E-state index contributed by atoms with van der Waals surface area (Å²) in [5.41, 5.74) is 6.96. The molecule has 382 valence electrons. The molecule has 1 aliphatic heterocycles. The van der Waals surface area contributed by atoms with Crippen molar-refractivity contribution in [2.45, 2.75) is 129 Å². The van der Waals surface area contributed by atoms with E-state index in [0.29, 0.717) is 35.7 Å². The number of alkyl halides is 3. The van der Waals surface area contributed by atoms with Gasteiger partial charge in [-0.3, -0.25) is 24.0 Å². The lowest BCUT2D eigenvalue weighted by atomic mass is 9.79. The number of methoxy groups -OCH3 is 2. The SMILES string of the molecule is CC[C@H](C)[C@@H]([C@@H](CC(=O)N1CCC[C@H]1[C@H](OC)[C@@H](C)C(=O)N[C@@H](Cc1ccccc1)C(=O)N(c1ccc(NC(=O)C(F)(F)F)cc1)[SH](=O)=O)OC)N(C)C(=O)[C@@H](C(C)C)C(N)[C@H](C(C)C)N(C)C. The maximum absolute atomic E-state index is 14.6. The van der Waals surface area contributed by atoms with Crippen LogP contribution >= 0.6 is 0 Å². The molecule has 3 rings (SSSR count). The van der Waals surface area contributed by atoms with Gasteiger partial charge in [0, 0.05) is 52.0 Å². The van der Waals surface area contributed by atoms with Crippen LogP contribution in [0.2, 0.25) is 0 Å². The molecule has 1 fully saturated rings. The van der Waals surface area contributed by atoms with E-state index in [9.17, 15) is 45.6 Å². The van der Waals surface area contributed by atoms with Gasteiger partial charge in [-0.05, 0) is 74.5 Å². The molecule has 1 saturated heterocycles. The predicted octanol–water partition coefficient (Wildman–Crippen LogP) is 4.88. The normalized spacial score (nSPS) is 18.4. The van der Waals surface area contributed by atoms with Crippen LogP contribution in [0.15, 0.2) is 54.6 Å². The lowest BCUT2D eigenvalue weighted by Crippen LogP contribution is -2.59. The fraction of sp³-hybridized carbons (Fsp3) is 0.646.